The van der Waals surface area contributed by atoms with E-state index >= 15 is 0 Å². The molecule has 1 aromatic rings. The van der Waals surface area contributed by atoms with E-state index in [-0.39, 0.29) is 11.9 Å². The minimum atomic E-state index is -0.350. The fourth-order valence-electron chi connectivity index (χ4n) is 1.23. The van der Waals surface area contributed by atoms with Crippen molar-refractivity contribution in [3.63, 3.8) is 0 Å². The lowest BCUT2D eigenvalue weighted by Gasteiger charge is -2.13. The zero-order valence-corrected chi connectivity index (χ0v) is 10.3. The number of carbonyl (C=O) groups excluding carboxylic acids is 1. The summed E-state index contributed by atoms with van der Waals surface area (Å²) in [5.41, 5.74) is 0.796. The van der Waals surface area contributed by atoms with Crippen LogP contribution in [0.1, 0.15) is 18.7 Å². The van der Waals surface area contributed by atoms with Crippen molar-refractivity contribution in [2.75, 3.05) is 12.3 Å². The summed E-state index contributed by atoms with van der Waals surface area (Å²) in [4.78, 5) is 11.6. The summed E-state index contributed by atoms with van der Waals surface area (Å²) in [7, 11) is 0. The molecule has 0 fully saturated rings. The molecule has 0 aromatic carbocycles. The lowest BCUT2D eigenvalue weighted by molar-refractivity contribution is -0.124. The maximum Gasteiger partial charge on any atom is 0.244 e. The van der Waals surface area contributed by atoms with Crippen LogP contribution in [-0.2, 0) is 4.79 Å². The highest BCUT2D eigenvalue weighted by molar-refractivity contribution is 7.80. The second-order valence-electron chi connectivity index (χ2n) is 3.21. The van der Waals surface area contributed by atoms with Crippen molar-refractivity contribution in [1.29, 1.82) is 0 Å². The maximum absolute atomic E-state index is 11.6. The van der Waals surface area contributed by atoms with E-state index in [1.807, 2.05) is 6.92 Å². The van der Waals surface area contributed by atoms with Crippen molar-refractivity contribution in [2.24, 2.45) is 0 Å². The van der Waals surface area contributed by atoms with Gasteiger partial charge in [-0.2, -0.15) is 17.7 Å². The van der Waals surface area contributed by atoms with Crippen molar-refractivity contribution in [3.8, 4) is 0 Å². The van der Waals surface area contributed by atoms with Gasteiger partial charge in [0.15, 0.2) is 0 Å². The Balaban J connectivity index is 2.71. The summed E-state index contributed by atoms with van der Waals surface area (Å²) in [6.45, 7) is 4.17. The van der Waals surface area contributed by atoms with Crippen LogP contribution in [-0.4, -0.2) is 28.0 Å². The zero-order chi connectivity index (χ0) is 11.4. The number of hydrogen-bond acceptors (Lipinski definition) is 3. The molecule has 0 bridgehead atoms. The summed E-state index contributed by atoms with van der Waals surface area (Å²) in [5.74, 6) is 0.545. The lowest BCUT2D eigenvalue weighted by Crippen LogP contribution is -2.33. The highest BCUT2D eigenvalue weighted by atomic mass is 35.5. The first-order chi connectivity index (χ1) is 7.07. The Bertz CT molecular complexity index is 353. The van der Waals surface area contributed by atoms with Gasteiger partial charge in [0.2, 0.25) is 5.91 Å². The van der Waals surface area contributed by atoms with E-state index in [1.165, 1.54) is 0 Å². The molecule has 0 saturated heterocycles. The van der Waals surface area contributed by atoms with Crippen molar-refractivity contribution in [2.45, 2.75) is 19.9 Å². The van der Waals surface area contributed by atoms with Crippen LogP contribution in [0.2, 0.25) is 5.02 Å². The van der Waals surface area contributed by atoms with Crippen LogP contribution in [0.25, 0.3) is 0 Å². The summed E-state index contributed by atoms with van der Waals surface area (Å²) in [6.07, 6.45) is 1.54. The number of aromatic nitrogens is 2. The summed E-state index contributed by atoms with van der Waals surface area (Å²) < 4.78 is 1.61. The zero-order valence-electron chi connectivity index (χ0n) is 8.70. The van der Waals surface area contributed by atoms with Crippen LogP contribution >= 0.6 is 24.2 Å². The topological polar surface area (TPSA) is 46.9 Å². The van der Waals surface area contributed by atoms with E-state index < -0.39 is 0 Å². The Kier molecular flexibility index (Phi) is 4.47. The Morgan fingerprint density at radius 2 is 2.47 bits per heavy atom. The number of carbonyl (C=O) groups is 1. The van der Waals surface area contributed by atoms with Crippen LogP contribution in [0, 0.1) is 6.92 Å². The number of nitrogens with zero attached hydrogens (tertiary/aromatic N) is 2. The Morgan fingerprint density at radius 3 is 2.93 bits per heavy atom. The minimum absolute atomic E-state index is 0.0769. The van der Waals surface area contributed by atoms with Crippen LogP contribution in [0.15, 0.2) is 6.20 Å². The number of nitrogens with one attached hydrogen (secondary N) is 1. The third-order valence-corrected chi connectivity index (χ3v) is 2.74. The molecule has 15 heavy (non-hydrogen) atoms. The molecule has 1 aromatic heterocycles. The van der Waals surface area contributed by atoms with E-state index in [4.69, 9.17) is 11.6 Å². The van der Waals surface area contributed by atoms with Gasteiger partial charge in [-0.1, -0.05) is 11.6 Å². The van der Waals surface area contributed by atoms with Gasteiger partial charge in [0.25, 0.3) is 0 Å². The van der Waals surface area contributed by atoms with Gasteiger partial charge in [0, 0.05) is 12.3 Å². The molecule has 1 atom stereocenters. The lowest BCUT2D eigenvalue weighted by atomic mass is 10.3. The van der Waals surface area contributed by atoms with E-state index in [2.05, 4.69) is 23.0 Å². The highest BCUT2D eigenvalue weighted by Crippen LogP contribution is 2.17. The first kappa shape index (κ1) is 12.4. The molecule has 1 unspecified atom stereocenters. The molecule has 0 aliphatic heterocycles. The fourth-order valence-corrected chi connectivity index (χ4v) is 1.47. The molecule has 0 spiro atoms. The van der Waals surface area contributed by atoms with Crippen molar-refractivity contribution < 1.29 is 4.79 Å². The molecule has 4 nitrogen and oxygen atoms in total. The number of hydrogen-bond donors (Lipinski definition) is 2. The van der Waals surface area contributed by atoms with Gasteiger partial charge < -0.3 is 5.32 Å². The monoisotopic (exact) mass is 247 g/mol. The third kappa shape index (κ3) is 2.89. The SMILES string of the molecule is Cc1c(Cl)cnn1C(C)C(=O)NCCS. The number of halogens is 1. The van der Waals surface area contributed by atoms with Crippen LogP contribution in [0.5, 0.6) is 0 Å². The number of amides is 1. The Morgan fingerprint density at radius 1 is 1.80 bits per heavy atom. The highest BCUT2D eigenvalue weighted by Gasteiger charge is 2.17. The van der Waals surface area contributed by atoms with Gasteiger partial charge in [0.1, 0.15) is 6.04 Å². The molecular formula is C9H14ClN3OS. The van der Waals surface area contributed by atoms with Crippen molar-refractivity contribution in [1.82, 2.24) is 15.1 Å². The maximum atomic E-state index is 11.6. The summed E-state index contributed by atoms with van der Waals surface area (Å²) in [5, 5.41) is 7.37. The molecule has 1 heterocycles. The normalized spacial score (nSPS) is 12.5. The van der Waals surface area contributed by atoms with Crippen LogP contribution in [0.3, 0.4) is 0 Å². The van der Waals surface area contributed by atoms with Gasteiger partial charge in [-0.25, -0.2) is 0 Å². The number of thiol groups is 1. The van der Waals surface area contributed by atoms with E-state index in [1.54, 1.807) is 17.8 Å². The predicted octanol–water partition coefficient (Wildman–Crippen LogP) is 1.45. The molecule has 1 amide bonds. The summed E-state index contributed by atoms with van der Waals surface area (Å²) >= 11 is 9.87. The molecule has 0 aliphatic rings. The van der Waals surface area contributed by atoms with Crippen molar-refractivity contribution in [3.05, 3.63) is 16.9 Å². The molecule has 0 aliphatic carbocycles. The van der Waals surface area contributed by atoms with Gasteiger partial charge in [-0.15, -0.1) is 0 Å². The Hall–Kier alpha value is -0.680. The largest absolute Gasteiger partial charge is 0.353 e. The van der Waals surface area contributed by atoms with Crippen LogP contribution in [0.4, 0.5) is 0 Å². The quantitative estimate of drug-likeness (QED) is 0.792. The van der Waals surface area contributed by atoms with E-state index in [0.717, 1.165) is 5.69 Å². The molecule has 84 valence electrons. The average molecular weight is 248 g/mol. The van der Waals surface area contributed by atoms with Crippen LogP contribution < -0.4 is 5.32 Å². The molecule has 1 N–H and O–H groups in total. The minimum Gasteiger partial charge on any atom is -0.353 e. The van der Waals surface area contributed by atoms with Gasteiger partial charge in [-0.05, 0) is 13.8 Å². The standard InChI is InChI=1S/C9H14ClN3OS/c1-6-8(10)5-12-13(6)7(2)9(14)11-3-4-15/h5,7,15H,3-4H2,1-2H3,(H,11,14). The second-order valence-corrected chi connectivity index (χ2v) is 4.07. The van der Waals surface area contributed by atoms with E-state index in [0.29, 0.717) is 17.3 Å². The fraction of sp³-hybridized carbons (Fsp3) is 0.556. The first-order valence-electron chi connectivity index (χ1n) is 4.66. The summed E-state index contributed by atoms with van der Waals surface area (Å²) in [6, 6.07) is -0.350. The first-order valence-corrected chi connectivity index (χ1v) is 5.67. The second kappa shape index (κ2) is 5.42. The smallest absolute Gasteiger partial charge is 0.244 e. The third-order valence-electron chi connectivity index (χ3n) is 2.14. The molecular weight excluding hydrogens is 234 g/mol. The molecule has 1 rings (SSSR count). The van der Waals surface area contributed by atoms with Gasteiger partial charge in [0.05, 0.1) is 16.9 Å². The molecule has 6 heteroatoms. The Labute approximate surface area is 99.4 Å². The van der Waals surface area contributed by atoms with Gasteiger partial charge in [-0.3, -0.25) is 9.48 Å². The average Bonchev–Trinajstić information content (AvgIpc) is 2.55. The van der Waals surface area contributed by atoms with E-state index in [9.17, 15) is 4.79 Å². The van der Waals surface area contributed by atoms with Gasteiger partial charge >= 0.3 is 0 Å². The van der Waals surface area contributed by atoms with Crippen molar-refractivity contribution >= 4 is 30.1 Å². The molecule has 0 radical (unpaired) electrons. The number of rotatable bonds is 4. The predicted molar refractivity (Wildman–Crippen MR) is 63.5 cm³/mol. The molecule has 0 saturated carbocycles.